The van der Waals surface area contributed by atoms with Crippen molar-refractivity contribution in [3.63, 3.8) is 0 Å². The van der Waals surface area contributed by atoms with Crippen molar-refractivity contribution < 1.29 is 4.92 Å². The summed E-state index contributed by atoms with van der Waals surface area (Å²) in [6, 6.07) is 3.53. The molecule has 1 rings (SSSR count). The van der Waals surface area contributed by atoms with Crippen LogP contribution in [0, 0.1) is 10.1 Å². The van der Waals surface area contributed by atoms with Crippen molar-refractivity contribution in [1.82, 2.24) is 9.88 Å². The highest BCUT2D eigenvalue weighted by Gasteiger charge is 2.13. The first-order valence-corrected chi connectivity index (χ1v) is 6.06. The standard InChI is InChI=1S/C12H20N4O2/c1-10(2)15(3)9-5-8-14-12-11(16(17)18)6-4-7-13-12/h4,6-7,10H,5,8-9H2,1-3H3,(H,13,14). The smallest absolute Gasteiger partial charge is 0.311 e. The van der Waals surface area contributed by atoms with Crippen molar-refractivity contribution in [2.45, 2.75) is 26.3 Å². The average molecular weight is 252 g/mol. The van der Waals surface area contributed by atoms with Gasteiger partial charge in [0.15, 0.2) is 0 Å². The Morgan fingerprint density at radius 1 is 1.56 bits per heavy atom. The van der Waals surface area contributed by atoms with Crippen LogP contribution in [0.15, 0.2) is 18.3 Å². The Kier molecular flexibility index (Phi) is 5.51. The molecular formula is C12H20N4O2. The number of aromatic nitrogens is 1. The molecule has 0 aliphatic heterocycles. The molecule has 1 aromatic rings. The highest BCUT2D eigenvalue weighted by atomic mass is 16.6. The molecule has 0 bridgehead atoms. The van der Waals surface area contributed by atoms with Gasteiger partial charge in [-0.15, -0.1) is 0 Å². The van der Waals surface area contributed by atoms with Crippen LogP contribution in [0.5, 0.6) is 0 Å². The Hall–Kier alpha value is -1.69. The van der Waals surface area contributed by atoms with E-state index in [9.17, 15) is 10.1 Å². The van der Waals surface area contributed by atoms with Gasteiger partial charge in [0, 0.05) is 24.8 Å². The molecule has 0 saturated heterocycles. The molecule has 100 valence electrons. The first kappa shape index (κ1) is 14.4. The van der Waals surface area contributed by atoms with Crippen molar-refractivity contribution in [1.29, 1.82) is 0 Å². The monoisotopic (exact) mass is 252 g/mol. The van der Waals surface area contributed by atoms with Crippen LogP contribution < -0.4 is 5.32 Å². The van der Waals surface area contributed by atoms with Crippen LogP contribution in [0.2, 0.25) is 0 Å². The maximum Gasteiger partial charge on any atom is 0.311 e. The molecule has 18 heavy (non-hydrogen) atoms. The number of rotatable bonds is 7. The molecule has 1 N–H and O–H groups in total. The molecule has 0 amide bonds. The van der Waals surface area contributed by atoms with Gasteiger partial charge in [-0.2, -0.15) is 0 Å². The third-order valence-corrected chi connectivity index (χ3v) is 2.84. The normalized spacial score (nSPS) is 10.9. The first-order chi connectivity index (χ1) is 8.52. The molecule has 1 aromatic heterocycles. The van der Waals surface area contributed by atoms with E-state index in [1.807, 2.05) is 0 Å². The Morgan fingerprint density at radius 2 is 2.28 bits per heavy atom. The zero-order valence-corrected chi connectivity index (χ0v) is 11.1. The van der Waals surface area contributed by atoms with Gasteiger partial charge in [0.2, 0.25) is 5.82 Å². The maximum atomic E-state index is 10.8. The number of hydrogen-bond acceptors (Lipinski definition) is 5. The fraction of sp³-hybridized carbons (Fsp3) is 0.583. The molecule has 0 aliphatic carbocycles. The fourth-order valence-corrected chi connectivity index (χ4v) is 1.47. The third-order valence-electron chi connectivity index (χ3n) is 2.84. The highest BCUT2D eigenvalue weighted by molar-refractivity contribution is 5.54. The summed E-state index contributed by atoms with van der Waals surface area (Å²) in [4.78, 5) is 16.6. The lowest BCUT2D eigenvalue weighted by atomic mass is 10.3. The van der Waals surface area contributed by atoms with Crippen molar-refractivity contribution in [3.05, 3.63) is 28.4 Å². The van der Waals surface area contributed by atoms with Gasteiger partial charge in [-0.3, -0.25) is 10.1 Å². The Morgan fingerprint density at radius 3 is 2.89 bits per heavy atom. The third kappa shape index (κ3) is 4.29. The van der Waals surface area contributed by atoms with E-state index in [4.69, 9.17) is 0 Å². The van der Waals surface area contributed by atoms with Crippen LogP contribution in [0.1, 0.15) is 20.3 Å². The van der Waals surface area contributed by atoms with Crippen LogP contribution in [0.25, 0.3) is 0 Å². The number of pyridine rings is 1. The van der Waals surface area contributed by atoms with Crippen molar-refractivity contribution in [2.75, 3.05) is 25.5 Å². The molecule has 0 aliphatic rings. The van der Waals surface area contributed by atoms with Crippen molar-refractivity contribution in [2.24, 2.45) is 0 Å². The van der Waals surface area contributed by atoms with E-state index in [2.05, 4.69) is 36.1 Å². The average Bonchev–Trinajstić information content (AvgIpc) is 2.34. The molecular weight excluding hydrogens is 232 g/mol. The lowest BCUT2D eigenvalue weighted by Crippen LogP contribution is -2.28. The summed E-state index contributed by atoms with van der Waals surface area (Å²) < 4.78 is 0. The van der Waals surface area contributed by atoms with Gasteiger partial charge in [-0.05, 0) is 39.9 Å². The Bertz CT molecular complexity index is 395. The van der Waals surface area contributed by atoms with E-state index in [0.29, 0.717) is 18.4 Å². The van der Waals surface area contributed by atoms with Gasteiger partial charge in [0.05, 0.1) is 4.92 Å². The Labute approximate surface area is 107 Å². The molecule has 0 fully saturated rings. The second-order valence-electron chi connectivity index (χ2n) is 4.48. The molecule has 0 radical (unpaired) electrons. The number of nitro groups is 1. The minimum Gasteiger partial charge on any atom is -0.364 e. The van der Waals surface area contributed by atoms with Crippen LogP contribution in [-0.2, 0) is 0 Å². The number of nitrogens with one attached hydrogen (secondary N) is 1. The molecule has 0 spiro atoms. The van der Waals surface area contributed by atoms with Gasteiger partial charge >= 0.3 is 5.69 Å². The molecule has 6 heteroatoms. The van der Waals surface area contributed by atoms with Crippen LogP contribution in [-0.4, -0.2) is 41.0 Å². The number of anilines is 1. The molecule has 1 heterocycles. The second-order valence-corrected chi connectivity index (χ2v) is 4.48. The summed E-state index contributed by atoms with van der Waals surface area (Å²) in [6.07, 6.45) is 2.47. The van der Waals surface area contributed by atoms with Gasteiger partial charge in [-0.1, -0.05) is 0 Å². The van der Waals surface area contributed by atoms with E-state index in [0.717, 1.165) is 13.0 Å². The largest absolute Gasteiger partial charge is 0.364 e. The van der Waals surface area contributed by atoms with E-state index in [1.165, 1.54) is 6.07 Å². The number of nitrogens with zero attached hydrogens (tertiary/aromatic N) is 3. The molecule has 0 aromatic carbocycles. The maximum absolute atomic E-state index is 10.8. The van der Waals surface area contributed by atoms with Crippen LogP contribution >= 0.6 is 0 Å². The Balaban J connectivity index is 2.42. The molecule has 0 saturated carbocycles. The van der Waals surface area contributed by atoms with Gasteiger partial charge in [-0.25, -0.2) is 4.98 Å². The lowest BCUT2D eigenvalue weighted by Gasteiger charge is -2.20. The van der Waals surface area contributed by atoms with Gasteiger partial charge < -0.3 is 10.2 Å². The summed E-state index contributed by atoms with van der Waals surface area (Å²) in [5.74, 6) is 0.342. The van der Waals surface area contributed by atoms with Crippen LogP contribution in [0.4, 0.5) is 11.5 Å². The first-order valence-electron chi connectivity index (χ1n) is 6.06. The van der Waals surface area contributed by atoms with Gasteiger partial charge in [0.25, 0.3) is 0 Å². The SMILES string of the molecule is CC(C)N(C)CCCNc1ncccc1[N+](=O)[O-]. The summed E-state index contributed by atoms with van der Waals surface area (Å²) in [7, 11) is 2.06. The summed E-state index contributed by atoms with van der Waals surface area (Å²) in [5.41, 5.74) is 0.0229. The summed E-state index contributed by atoms with van der Waals surface area (Å²) >= 11 is 0. The zero-order chi connectivity index (χ0) is 13.5. The topological polar surface area (TPSA) is 71.3 Å². The second kappa shape index (κ2) is 6.90. The van der Waals surface area contributed by atoms with Crippen molar-refractivity contribution in [3.8, 4) is 0 Å². The minimum atomic E-state index is -0.421. The molecule has 6 nitrogen and oxygen atoms in total. The quantitative estimate of drug-likeness (QED) is 0.457. The fourth-order valence-electron chi connectivity index (χ4n) is 1.47. The highest BCUT2D eigenvalue weighted by Crippen LogP contribution is 2.19. The van der Waals surface area contributed by atoms with Gasteiger partial charge in [0.1, 0.15) is 0 Å². The lowest BCUT2D eigenvalue weighted by molar-refractivity contribution is -0.384. The van der Waals surface area contributed by atoms with E-state index in [-0.39, 0.29) is 5.69 Å². The van der Waals surface area contributed by atoms with Crippen LogP contribution in [0.3, 0.4) is 0 Å². The summed E-state index contributed by atoms with van der Waals surface area (Å²) in [6.45, 7) is 5.90. The zero-order valence-electron chi connectivity index (χ0n) is 11.1. The predicted molar refractivity (Wildman–Crippen MR) is 71.8 cm³/mol. The molecule has 0 unspecified atom stereocenters. The van der Waals surface area contributed by atoms with E-state index in [1.54, 1.807) is 12.3 Å². The van der Waals surface area contributed by atoms with Crippen molar-refractivity contribution >= 4 is 11.5 Å². The predicted octanol–water partition coefficient (Wildman–Crippen LogP) is 2.13. The minimum absolute atomic E-state index is 0.0229. The molecule has 0 atom stereocenters. The van der Waals surface area contributed by atoms with E-state index >= 15 is 0 Å². The summed E-state index contributed by atoms with van der Waals surface area (Å²) in [5, 5.41) is 13.8. The number of hydrogen-bond donors (Lipinski definition) is 1. The van der Waals surface area contributed by atoms with E-state index < -0.39 is 4.92 Å².